The Labute approximate surface area is 220 Å². The fourth-order valence-electron chi connectivity index (χ4n) is 5.63. The number of para-hydroxylation sites is 1. The third-order valence-electron chi connectivity index (χ3n) is 7.24. The van der Waals surface area contributed by atoms with Gasteiger partial charge in [0.1, 0.15) is 0 Å². The van der Waals surface area contributed by atoms with E-state index < -0.39 is 6.48 Å². The van der Waals surface area contributed by atoms with E-state index in [2.05, 4.69) is 150 Å². The number of thiazole rings is 1. The summed E-state index contributed by atoms with van der Waals surface area (Å²) in [5.74, 6) is 0.908. The lowest BCUT2D eigenvalue weighted by Gasteiger charge is -2.42. The molecule has 1 aliphatic heterocycles. The van der Waals surface area contributed by atoms with Crippen LogP contribution in [0.25, 0.3) is 21.5 Å². The zero-order chi connectivity index (χ0) is 24.7. The number of benzene rings is 5. The van der Waals surface area contributed by atoms with Crippen molar-refractivity contribution in [2.45, 2.75) is 0 Å². The number of nitrogens with zero attached hydrogens (tertiary/aromatic N) is 1. The van der Waals surface area contributed by atoms with Crippen LogP contribution in [0.2, 0.25) is 0 Å². The minimum absolute atomic E-state index is 0.908. The van der Waals surface area contributed by atoms with Crippen molar-refractivity contribution in [2.75, 3.05) is 0 Å². The van der Waals surface area contributed by atoms with Crippen LogP contribution >= 0.6 is 11.3 Å². The van der Waals surface area contributed by atoms with Crippen LogP contribution in [0.15, 0.2) is 146 Å². The Morgan fingerprint density at radius 3 is 1.59 bits per heavy atom. The quantitative estimate of drug-likeness (QED) is 0.265. The first-order chi connectivity index (χ1) is 18.4. The van der Waals surface area contributed by atoms with E-state index in [0.717, 1.165) is 33.4 Å². The number of fused-ring (bicyclic) bond motifs is 3. The van der Waals surface area contributed by atoms with Gasteiger partial charge in [0.05, 0.1) is 16.0 Å². The Bertz CT molecular complexity index is 1690. The second-order valence-corrected chi connectivity index (χ2v) is 10.4. The van der Waals surface area contributed by atoms with Gasteiger partial charge in [-0.15, -0.1) is 0 Å². The lowest BCUT2D eigenvalue weighted by atomic mass is 9.40. The maximum atomic E-state index is 7.50. The molecular weight excluding hydrogens is 469 g/mol. The highest BCUT2D eigenvalue weighted by molar-refractivity contribution is 7.19. The Kier molecular flexibility index (Phi) is 5.26. The van der Waals surface area contributed by atoms with Crippen molar-refractivity contribution in [1.82, 2.24) is 0 Å². The first-order valence-corrected chi connectivity index (χ1v) is 13.4. The fourth-order valence-corrected chi connectivity index (χ4v) is 6.92. The molecule has 0 aliphatic carbocycles. The molecule has 0 atom stereocenters. The van der Waals surface area contributed by atoms with E-state index in [1.807, 2.05) is 11.3 Å². The van der Waals surface area contributed by atoms with Crippen molar-refractivity contribution >= 4 is 50.3 Å². The lowest BCUT2D eigenvalue weighted by Crippen LogP contribution is -2.81. The van der Waals surface area contributed by atoms with Crippen molar-refractivity contribution in [3.63, 3.8) is 0 Å². The maximum Gasteiger partial charge on any atom is 0.514 e. The maximum absolute atomic E-state index is 7.50. The average Bonchev–Trinajstić information content (AvgIpc) is 3.38. The van der Waals surface area contributed by atoms with E-state index in [-0.39, 0.29) is 0 Å². The molecule has 0 N–H and O–H groups in total. The van der Waals surface area contributed by atoms with E-state index in [0.29, 0.717) is 0 Å². The molecule has 0 saturated heterocycles. The van der Waals surface area contributed by atoms with Gasteiger partial charge in [0, 0.05) is 11.6 Å². The van der Waals surface area contributed by atoms with Crippen molar-refractivity contribution < 1.29 is 9.13 Å². The summed E-state index contributed by atoms with van der Waals surface area (Å²) in [7, 11) is 0. The zero-order valence-electron chi connectivity index (χ0n) is 20.2. The predicted octanol–water partition coefficient (Wildman–Crippen LogP) is 6.24. The van der Waals surface area contributed by atoms with Gasteiger partial charge in [-0.25, -0.2) is 0 Å². The van der Waals surface area contributed by atoms with Gasteiger partial charge >= 0.3 is 6.48 Å². The summed E-state index contributed by atoms with van der Waals surface area (Å²) in [6, 6.07) is 51.2. The van der Waals surface area contributed by atoms with E-state index in [1.54, 1.807) is 0 Å². The summed E-state index contributed by atoms with van der Waals surface area (Å²) in [5.41, 5.74) is 6.80. The molecule has 0 saturated carbocycles. The number of hydrogen-bond donors (Lipinski definition) is 0. The smallest absolute Gasteiger partial charge is 0.514 e. The van der Waals surface area contributed by atoms with Crippen molar-refractivity contribution in [3.05, 3.63) is 162 Å². The fraction of sp³-hybridized carbons (Fsp3) is 0. The van der Waals surface area contributed by atoms with Crippen molar-refractivity contribution in [1.29, 1.82) is 0 Å². The number of hydrogen-bond acceptors (Lipinski definition) is 2. The standard InChI is InChI=1S/C33H24BNOS/c1-5-15-25(16-6-1)31-32(26-17-7-2-8-18-26)36-34(27-19-9-3-10-20-27,28-21-11-4-12-22-28)35-29-23-13-14-24-30(29)37-33(31)35/h1-24H. The Morgan fingerprint density at radius 1 is 0.514 bits per heavy atom. The van der Waals surface area contributed by atoms with Crippen LogP contribution in [-0.2, 0) is 4.65 Å². The Morgan fingerprint density at radius 2 is 1.00 bits per heavy atom. The third-order valence-corrected chi connectivity index (χ3v) is 8.40. The largest absolute Gasteiger partial charge is 0.650 e. The van der Waals surface area contributed by atoms with Crippen LogP contribution in [-0.4, -0.2) is 6.48 Å². The SMILES string of the molecule is c1ccc(C2=C(c3ccccc3)c3sc4ccccc4[n+]3[B-](c3ccccc3)(c3ccccc3)O2)cc1. The van der Waals surface area contributed by atoms with E-state index in [1.165, 1.54) is 15.2 Å². The molecule has 6 aromatic rings. The van der Waals surface area contributed by atoms with Gasteiger partial charge in [0.15, 0.2) is 5.52 Å². The summed E-state index contributed by atoms with van der Waals surface area (Å²) in [6.45, 7) is -1.85. The Hall–Kier alpha value is -4.41. The summed E-state index contributed by atoms with van der Waals surface area (Å²) in [6.07, 6.45) is 0. The molecule has 176 valence electrons. The van der Waals surface area contributed by atoms with Crippen LogP contribution in [0, 0.1) is 0 Å². The normalized spacial score (nSPS) is 14.3. The molecule has 2 nitrogen and oxygen atoms in total. The minimum atomic E-state index is -1.85. The van der Waals surface area contributed by atoms with Gasteiger partial charge < -0.3 is 9.13 Å². The molecular formula is C33H24BNOS. The average molecular weight is 493 g/mol. The van der Waals surface area contributed by atoms with E-state index >= 15 is 0 Å². The molecule has 4 heteroatoms. The molecule has 7 rings (SSSR count). The molecule has 0 amide bonds. The molecule has 0 fully saturated rings. The van der Waals surface area contributed by atoms with Gasteiger partial charge in [-0.2, -0.15) is 0 Å². The van der Waals surface area contributed by atoms with Gasteiger partial charge in [-0.3, -0.25) is 0 Å². The Balaban J connectivity index is 1.68. The first kappa shape index (κ1) is 21.8. The first-order valence-electron chi connectivity index (χ1n) is 12.6. The highest BCUT2D eigenvalue weighted by Gasteiger charge is 2.52. The van der Waals surface area contributed by atoms with Crippen LogP contribution < -0.4 is 15.4 Å². The molecule has 0 unspecified atom stereocenters. The summed E-state index contributed by atoms with van der Waals surface area (Å²) in [4.78, 5) is 0. The molecule has 37 heavy (non-hydrogen) atoms. The molecule has 5 aromatic carbocycles. The zero-order valence-corrected chi connectivity index (χ0v) is 21.0. The van der Waals surface area contributed by atoms with Crippen molar-refractivity contribution in [2.24, 2.45) is 0 Å². The molecule has 0 spiro atoms. The summed E-state index contributed by atoms with van der Waals surface area (Å²) >= 11 is 1.83. The molecule has 0 bridgehead atoms. The molecule has 1 aromatic heterocycles. The van der Waals surface area contributed by atoms with Crippen LogP contribution in [0.5, 0.6) is 0 Å². The minimum Gasteiger partial charge on any atom is -0.650 e. The lowest BCUT2D eigenvalue weighted by molar-refractivity contribution is -0.523. The number of aromatic nitrogens is 1. The molecule has 0 radical (unpaired) electrons. The monoisotopic (exact) mass is 493 g/mol. The highest BCUT2D eigenvalue weighted by Crippen LogP contribution is 2.41. The summed E-state index contributed by atoms with van der Waals surface area (Å²) < 4.78 is 11.2. The predicted molar refractivity (Wildman–Crippen MR) is 155 cm³/mol. The highest BCUT2D eigenvalue weighted by atomic mass is 32.1. The number of rotatable bonds is 4. The summed E-state index contributed by atoms with van der Waals surface area (Å²) in [5, 5.41) is 1.20. The van der Waals surface area contributed by atoms with E-state index in [4.69, 9.17) is 4.65 Å². The second-order valence-electron chi connectivity index (χ2n) is 9.36. The van der Waals surface area contributed by atoms with Crippen molar-refractivity contribution in [3.8, 4) is 0 Å². The molecule has 2 heterocycles. The third kappa shape index (κ3) is 3.45. The van der Waals surface area contributed by atoms with Crippen LogP contribution in [0.1, 0.15) is 16.1 Å². The van der Waals surface area contributed by atoms with Crippen LogP contribution in [0.3, 0.4) is 0 Å². The second kappa shape index (κ2) is 8.92. The topological polar surface area (TPSA) is 13.1 Å². The van der Waals surface area contributed by atoms with E-state index in [9.17, 15) is 0 Å². The van der Waals surface area contributed by atoms with Gasteiger partial charge in [0.25, 0.3) is 0 Å². The van der Waals surface area contributed by atoms with Gasteiger partial charge in [0.2, 0.25) is 5.01 Å². The van der Waals surface area contributed by atoms with Crippen LogP contribution in [0.4, 0.5) is 0 Å². The van der Waals surface area contributed by atoms with Gasteiger partial charge in [-0.05, 0) is 11.6 Å². The van der Waals surface area contributed by atoms with Gasteiger partial charge in [-0.1, -0.05) is 156 Å². The molecule has 1 aliphatic rings.